The fraction of sp³-hybridized carbons (Fsp3) is 0.385. The summed E-state index contributed by atoms with van der Waals surface area (Å²) < 4.78 is 1.97. The van der Waals surface area contributed by atoms with Gasteiger partial charge in [-0.05, 0) is 42.2 Å². The molecule has 0 atom stereocenters. The smallest absolute Gasteiger partial charge is 0.217 e. The predicted molar refractivity (Wildman–Crippen MR) is 139 cm³/mol. The number of rotatable bonds is 9. The highest BCUT2D eigenvalue weighted by Gasteiger charge is 2.26. The van der Waals surface area contributed by atoms with E-state index in [9.17, 15) is 4.79 Å². The first-order chi connectivity index (χ1) is 17.4. The third kappa shape index (κ3) is 5.65. The molecule has 1 aliphatic heterocycles. The Bertz CT molecular complexity index is 1360. The van der Waals surface area contributed by atoms with Gasteiger partial charge in [0.05, 0.1) is 29.5 Å². The van der Waals surface area contributed by atoms with E-state index in [4.69, 9.17) is 4.98 Å². The summed E-state index contributed by atoms with van der Waals surface area (Å²) in [5.41, 5.74) is 4.72. The van der Waals surface area contributed by atoms with Crippen molar-refractivity contribution >= 4 is 28.6 Å². The van der Waals surface area contributed by atoms with Crippen molar-refractivity contribution in [3.8, 4) is 11.1 Å². The third-order valence-electron chi connectivity index (χ3n) is 6.33. The second kappa shape index (κ2) is 10.4. The molecular formula is C26H31N9O. The van der Waals surface area contributed by atoms with E-state index in [2.05, 4.69) is 49.7 Å². The van der Waals surface area contributed by atoms with Crippen LogP contribution in [-0.2, 0) is 11.3 Å². The molecule has 5 rings (SSSR count). The zero-order valence-electron chi connectivity index (χ0n) is 20.8. The van der Waals surface area contributed by atoms with E-state index >= 15 is 0 Å². The van der Waals surface area contributed by atoms with Gasteiger partial charge in [0.1, 0.15) is 5.82 Å². The second-order valence-corrected chi connectivity index (χ2v) is 9.62. The Morgan fingerprint density at radius 1 is 1.06 bits per heavy atom. The molecule has 36 heavy (non-hydrogen) atoms. The largest absolute Gasteiger partial charge is 0.351 e. The van der Waals surface area contributed by atoms with E-state index in [1.54, 1.807) is 13.1 Å². The van der Waals surface area contributed by atoms with Crippen LogP contribution in [0, 0.1) is 0 Å². The molecule has 186 valence electrons. The second-order valence-electron chi connectivity index (χ2n) is 9.62. The minimum Gasteiger partial charge on any atom is -0.351 e. The summed E-state index contributed by atoms with van der Waals surface area (Å²) in [6, 6.07) is 8.17. The molecular weight excluding hydrogens is 454 g/mol. The van der Waals surface area contributed by atoms with Gasteiger partial charge in [-0.25, -0.2) is 4.98 Å². The number of anilines is 2. The molecule has 10 heteroatoms. The minimum atomic E-state index is 0.0420. The molecule has 2 N–H and O–H groups in total. The average Bonchev–Trinajstić information content (AvgIpc) is 3.31. The summed E-state index contributed by atoms with van der Waals surface area (Å²) >= 11 is 0. The van der Waals surface area contributed by atoms with Crippen LogP contribution in [0.4, 0.5) is 11.6 Å². The molecule has 4 aromatic heterocycles. The first-order valence-electron chi connectivity index (χ1n) is 12.3. The summed E-state index contributed by atoms with van der Waals surface area (Å²) in [7, 11) is 0. The maximum absolute atomic E-state index is 11.1. The number of carbonyl (C=O) groups excluding carboxylic acids is 1. The van der Waals surface area contributed by atoms with E-state index in [1.807, 2.05) is 47.5 Å². The van der Waals surface area contributed by atoms with Crippen LogP contribution in [-0.4, -0.2) is 66.4 Å². The lowest BCUT2D eigenvalue weighted by molar-refractivity contribution is -0.120. The molecule has 4 aromatic rings. The number of hydrogen-bond donors (Lipinski definition) is 2. The van der Waals surface area contributed by atoms with E-state index in [1.165, 1.54) is 0 Å². The highest BCUT2D eigenvalue weighted by atomic mass is 16.1. The van der Waals surface area contributed by atoms with Gasteiger partial charge in [-0.3, -0.25) is 19.4 Å². The highest BCUT2D eigenvalue weighted by Crippen LogP contribution is 2.24. The van der Waals surface area contributed by atoms with Crippen LogP contribution in [0.5, 0.6) is 0 Å². The number of fused-ring (bicyclic) bond motifs is 1. The van der Waals surface area contributed by atoms with Crippen LogP contribution in [0.1, 0.15) is 38.7 Å². The predicted octanol–water partition coefficient (Wildman–Crippen LogP) is 3.36. The molecule has 5 heterocycles. The topological polar surface area (TPSA) is 114 Å². The maximum Gasteiger partial charge on any atom is 0.217 e. The van der Waals surface area contributed by atoms with Crippen molar-refractivity contribution in [2.45, 2.75) is 45.7 Å². The highest BCUT2D eigenvalue weighted by molar-refractivity contribution is 5.81. The number of nitrogens with zero attached hydrogens (tertiary/aromatic N) is 7. The fourth-order valence-corrected chi connectivity index (χ4v) is 4.35. The van der Waals surface area contributed by atoms with Crippen LogP contribution < -0.4 is 10.6 Å². The van der Waals surface area contributed by atoms with Crippen LogP contribution in [0.15, 0.2) is 49.1 Å². The number of pyridine rings is 2. The molecule has 0 spiro atoms. The Kier molecular flexibility index (Phi) is 6.86. The van der Waals surface area contributed by atoms with Crippen molar-refractivity contribution in [2.24, 2.45) is 0 Å². The average molecular weight is 486 g/mol. The summed E-state index contributed by atoms with van der Waals surface area (Å²) in [5, 5.41) is 19.0. The standard InChI is InChI=1S/C26H31N9O/c1-17(2)19-10-26(33-28-12-19)32-25-6-5-23-24(31-25)9-20(11-27-23)21-13-29-35(14-21)8-4-7-34-15-22(16-34)30-18(3)36/h5-6,9-14,17,22H,4,7-8,15-16H2,1-3H3,(H,30,36)(H,31,32,33). The zero-order valence-corrected chi connectivity index (χ0v) is 20.8. The molecule has 0 bridgehead atoms. The van der Waals surface area contributed by atoms with Gasteiger partial charge in [-0.1, -0.05) is 13.8 Å². The fourth-order valence-electron chi connectivity index (χ4n) is 4.35. The van der Waals surface area contributed by atoms with E-state index in [0.717, 1.165) is 60.3 Å². The van der Waals surface area contributed by atoms with Crippen molar-refractivity contribution < 1.29 is 4.79 Å². The lowest BCUT2D eigenvalue weighted by Gasteiger charge is -2.39. The van der Waals surface area contributed by atoms with E-state index in [-0.39, 0.29) is 5.91 Å². The number of hydrogen-bond acceptors (Lipinski definition) is 8. The Hall–Kier alpha value is -3.92. The zero-order chi connectivity index (χ0) is 25.1. The molecule has 0 unspecified atom stereocenters. The summed E-state index contributed by atoms with van der Waals surface area (Å²) in [6.07, 6.45) is 8.57. The van der Waals surface area contributed by atoms with E-state index < -0.39 is 0 Å². The molecule has 0 aromatic carbocycles. The van der Waals surface area contributed by atoms with Crippen LogP contribution in [0.3, 0.4) is 0 Å². The summed E-state index contributed by atoms with van der Waals surface area (Å²) in [5.74, 6) is 1.78. The number of carbonyl (C=O) groups is 1. The molecule has 1 fully saturated rings. The van der Waals surface area contributed by atoms with Crippen LogP contribution >= 0.6 is 0 Å². The van der Waals surface area contributed by atoms with Crippen LogP contribution in [0.2, 0.25) is 0 Å². The first-order valence-corrected chi connectivity index (χ1v) is 12.3. The third-order valence-corrected chi connectivity index (χ3v) is 6.33. The number of aromatic nitrogens is 6. The molecule has 1 saturated heterocycles. The SMILES string of the molecule is CC(=O)NC1CN(CCCn2cc(-c3cnc4ccc(Nc5cc(C(C)C)cnn5)nc4c3)cn2)C1. The summed E-state index contributed by atoms with van der Waals surface area (Å²) in [4.78, 5) is 22.8. The monoisotopic (exact) mass is 485 g/mol. The van der Waals surface area contributed by atoms with E-state index in [0.29, 0.717) is 23.6 Å². The normalized spacial score (nSPS) is 14.2. The van der Waals surface area contributed by atoms with Gasteiger partial charge < -0.3 is 10.6 Å². The van der Waals surface area contributed by atoms with Crippen molar-refractivity contribution in [2.75, 3.05) is 25.0 Å². The Labute approximate surface area is 210 Å². The Morgan fingerprint density at radius 2 is 1.92 bits per heavy atom. The molecule has 0 saturated carbocycles. The van der Waals surface area contributed by atoms with Gasteiger partial charge in [0.15, 0.2) is 5.82 Å². The molecule has 1 amide bonds. The molecule has 10 nitrogen and oxygen atoms in total. The van der Waals surface area contributed by atoms with Gasteiger partial charge in [-0.2, -0.15) is 10.2 Å². The van der Waals surface area contributed by atoms with Gasteiger partial charge >= 0.3 is 0 Å². The quantitative estimate of drug-likeness (QED) is 0.371. The number of aryl methyl sites for hydroxylation is 1. The lowest BCUT2D eigenvalue weighted by atomic mass is 10.1. The Balaban J connectivity index is 1.21. The van der Waals surface area contributed by atoms with Crippen molar-refractivity contribution in [1.82, 2.24) is 40.2 Å². The van der Waals surface area contributed by atoms with Crippen molar-refractivity contribution in [1.29, 1.82) is 0 Å². The first kappa shape index (κ1) is 23.8. The van der Waals surface area contributed by atoms with Gasteiger partial charge in [0, 0.05) is 56.6 Å². The van der Waals surface area contributed by atoms with Crippen LogP contribution in [0.25, 0.3) is 22.2 Å². The number of amides is 1. The molecule has 0 aliphatic carbocycles. The minimum absolute atomic E-state index is 0.0420. The van der Waals surface area contributed by atoms with Crippen molar-refractivity contribution in [3.05, 3.63) is 54.6 Å². The number of likely N-dealkylation sites (tertiary alicyclic amines) is 1. The lowest BCUT2D eigenvalue weighted by Crippen LogP contribution is -2.59. The van der Waals surface area contributed by atoms with Gasteiger partial charge in [0.2, 0.25) is 5.91 Å². The maximum atomic E-state index is 11.1. The van der Waals surface area contributed by atoms with Crippen molar-refractivity contribution in [3.63, 3.8) is 0 Å². The molecule has 1 aliphatic rings. The number of nitrogens with one attached hydrogen (secondary N) is 2. The molecule has 0 radical (unpaired) electrons. The van der Waals surface area contributed by atoms with Gasteiger partial charge in [-0.15, -0.1) is 5.10 Å². The van der Waals surface area contributed by atoms with Gasteiger partial charge in [0.25, 0.3) is 0 Å². The Morgan fingerprint density at radius 3 is 2.72 bits per heavy atom. The summed E-state index contributed by atoms with van der Waals surface area (Å²) in [6.45, 7) is 9.50.